The van der Waals surface area contributed by atoms with Crippen molar-refractivity contribution in [2.45, 2.75) is 25.8 Å². The summed E-state index contributed by atoms with van der Waals surface area (Å²) in [6, 6.07) is 4.59. The molecule has 1 aliphatic rings. The number of nitrogens with one attached hydrogen (secondary N) is 2. The molecule has 5 rings (SSSR count). The summed E-state index contributed by atoms with van der Waals surface area (Å²) in [5, 5.41) is 12.7. The molecular weight excluding hydrogens is 435 g/mol. The van der Waals surface area contributed by atoms with Crippen LogP contribution in [0, 0.1) is 0 Å². The van der Waals surface area contributed by atoms with Crippen LogP contribution < -0.4 is 10.6 Å². The van der Waals surface area contributed by atoms with Gasteiger partial charge in [-0.15, -0.1) is 22.7 Å². The molecule has 6 nitrogen and oxygen atoms in total. The summed E-state index contributed by atoms with van der Waals surface area (Å²) < 4.78 is 42.1. The Bertz CT molecular complexity index is 1260. The van der Waals surface area contributed by atoms with E-state index < -0.39 is 18.0 Å². The Labute approximate surface area is 176 Å². The van der Waals surface area contributed by atoms with Gasteiger partial charge in [0.2, 0.25) is 0 Å². The number of fused-ring (bicyclic) bond motifs is 3. The molecule has 0 unspecified atom stereocenters. The Kier molecular flexibility index (Phi) is 4.33. The molecule has 5 heterocycles. The van der Waals surface area contributed by atoms with Crippen molar-refractivity contribution >= 4 is 44.5 Å². The van der Waals surface area contributed by atoms with Gasteiger partial charge < -0.3 is 10.6 Å². The molecule has 30 heavy (non-hydrogen) atoms. The molecule has 1 atom stereocenters. The van der Waals surface area contributed by atoms with Crippen molar-refractivity contribution in [1.82, 2.24) is 20.1 Å². The predicted molar refractivity (Wildman–Crippen MR) is 110 cm³/mol. The van der Waals surface area contributed by atoms with Crippen molar-refractivity contribution in [1.29, 1.82) is 0 Å². The number of anilines is 1. The SMILES string of the molecule is CCn1cc([C@H]2NC(=O)c3sc4nc(C(F)(F)F)cc(-c5cccs5)c4c3N2)cn1. The number of rotatable bonds is 3. The van der Waals surface area contributed by atoms with Gasteiger partial charge in [-0.1, -0.05) is 6.07 Å². The number of nitrogens with zero attached hydrogens (tertiary/aromatic N) is 3. The number of carbonyl (C=O) groups excluding carboxylic acids is 1. The van der Waals surface area contributed by atoms with Gasteiger partial charge in [0.1, 0.15) is 21.6 Å². The lowest BCUT2D eigenvalue weighted by molar-refractivity contribution is -0.140. The Morgan fingerprint density at radius 3 is 2.80 bits per heavy atom. The van der Waals surface area contributed by atoms with E-state index in [9.17, 15) is 18.0 Å². The van der Waals surface area contributed by atoms with Crippen LogP contribution in [0.5, 0.6) is 0 Å². The highest BCUT2D eigenvalue weighted by Gasteiger charge is 2.36. The van der Waals surface area contributed by atoms with Crippen LogP contribution in [0.25, 0.3) is 20.7 Å². The highest BCUT2D eigenvalue weighted by molar-refractivity contribution is 7.21. The molecule has 11 heteroatoms. The number of amides is 1. The lowest BCUT2D eigenvalue weighted by atomic mass is 10.1. The van der Waals surface area contributed by atoms with Gasteiger partial charge in [0.15, 0.2) is 0 Å². The summed E-state index contributed by atoms with van der Waals surface area (Å²) in [4.78, 5) is 17.8. The van der Waals surface area contributed by atoms with Crippen molar-refractivity contribution in [3.05, 3.63) is 52.1 Å². The Morgan fingerprint density at radius 1 is 1.30 bits per heavy atom. The van der Waals surface area contributed by atoms with Crippen LogP contribution >= 0.6 is 22.7 Å². The molecule has 154 valence electrons. The maximum atomic E-state index is 13.5. The van der Waals surface area contributed by atoms with E-state index in [1.165, 1.54) is 11.3 Å². The predicted octanol–water partition coefficient (Wildman–Crippen LogP) is 5.11. The molecule has 1 aliphatic heterocycles. The molecule has 0 saturated heterocycles. The van der Waals surface area contributed by atoms with Crippen molar-refractivity contribution in [2.75, 3.05) is 5.32 Å². The molecule has 0 aromatic carbocycles. The average molecular weight is 449 g/mol. The van der Waals surface area contributed by atoms with Gasteiger partial charge in [0.25, 0.3) is 5.91 Å². The van der Waals surface area contributed by atoms with Crippen molar-refractivity contribution in [3.63, 3.8) is 0 Å². The van der Waals surface area contributed by atoms with E-state index in [4.69, 9.17) is 0 Å². The van der Waals surface area contributed by atoms with E-state index in [-0.39, 0.29) is 10.7 Å². The zero-order chi connectivity index (χ0) is 21.0. The van der Waals surface area contributed by atoms with Crippen LogP contribution in [0.15, 0.2) is 36.0 Å². The van der Waals surface area contributed by atoms with Crippen LogP contribution in [0.2, 0.25) is 0 Å². The fraction of sp³-hybridized carbons (Fsp3) is 0.211. The zero-order valence-corrected chi connectivity index (χ0v) is 17.1. The monoisotopic (exact) mass is 449 g/mol. The molecule has 0 bridgehead atoms. The second-order valence-corrected chi connectivity index (χ2v) is 8.64. The first-order valence-electron chi connectivity index (χ1n) is 9.03. The smallest absolute Gasteiger partial charge is 0.360 e. The normalized spacial score (nSPS) is 16.4. The highest BCUT2D eigenvalue weighted by atomic mass is 32.1. The van der Waals surface area contributed by atoms with Gasteiger partial charge in [0.05, 0.1) is 11.9 Å². The topological polar surface area (TPSA) is 71.8 Å². The minimum atomic E-state index is -4.59. The minimum Gasteiger partial charge on any atom is -0.360 e. The van der Waals surface area contributed by atoms with Crippen LogP contribution in [-0.4, -0.2) is 20.7 Å². The van der Waals surface area contributed by atoms with E-state index in [0.717, 1.165) is 23.0 Å². The van der Waals surface area contributed by atoms with E-state index in [0.29, 0.717) is 32.9 Å². The van der Waals surface area contributed by atoms with Crippen molar-refractivity contribution < 1.29 is 18.0 Å². The molecule has 4 aromatic rings. The first kappa shape index (κ1) is 19.1. The molecular formula is C19H14F3N5OS2. The van der Waals surface area contributed by atoms with Crippen LogP contribution in [0.4, 0.5) is 18.9 Å². The lowest BCUT2D eigenvalue weighted by Gasteiger charge is -2.25. The molecule has 0 radical (unpaired) electrons. The largest absolute Gasteiger partial charge is 0.433 e. The summed E-state index contributed by atoms with van der Waals surface area (Å²) >= 11 is 2.29. The maximum Gasteiger partial charge on any atom is 0.433 e. The van der Waals surface area contributed by atoms with Gasteiger partial charge in [-0.2, -0.15) is 18.3 Å². The van der Waals surface area contributed by atoms with Crippen LogP contribution in [-0.2, 0) is 12.7 Å². The molecule has 4 aromatic heterocycles. The van der Waals surface area contributed by atoms with Crippen LogP contribution in [0.3, 0.4) is 0 Å². The summed E-state index contributed by atoms with van der Waals surface area (Å²) in [6.07, 6.45) is -1.65. The number of carbonyl (C=O) groups is 1. The van der Waals surface area contributed by atoms with Gasteiger partial charge in [-0.3, -0.25) is 9.48 Å². The van der Waals surface area contributed by atoms with Gasteiger partial charge >= 0.3 is 6.18 Å². The summed E-state index contributed by atoms with van der Waals surface area (Å²) in [5.41, 5.74) is 0.688. The first-order chi connectivity index (χ1) is 14.3. The summed E-state index contributed by atoms with van der Waals surface area (Å²) in [5.74, 6) is -0.355. The molecule has 1 amide bonds. The lowest BCUT2D eigenvalue weighted by Crippen LogP contribution is -2.37. The number of pyridine rings is 1. The summed E-state index contributed by atoms with van der Waals surface area (Å²) in [6.45, 7) is 2.63. The Hall–Kier alpha value is -2.92. The summed E-state index contributed by atoms with van der Waals surface area (Å²) in [7, 11) is 0. The number of aromatic nitrogens is 3. The minimum absolute atomic E-state index is 0.172. The third kappa shape index (κ3) is 3.05. The van der Waals surface area contributed by atoms with Crippen LogP contribution in [0.1, 0.15) is 34.0 Å². The fourth-order valence-corrected chi connectivity index (χ4v) is 5.23. The van der Waals surface area contributed by atoms with E-state index in [2.05, 4.69) is 20.7 Å². The molecule has 2 N–H and O–H groups in total. The number of hydrogen-bond acceptors (Lipinski definition) is 6. The van der Waals surface area contributed by atoms with Gasteiger partial charge in [-0.05, 0) is 24.4 Å². The van der Waals surface area contributed by atoms with E-state index >= 15 is 0 Å². The number of alkyl halides is 3. The first-order valence-corrected chi connectivity index (χ1v) is 10.7. The van der Waals surface area contributed by atoms with E-state index in [1.807, 2.05) is 13.1 Å². The number of halogens is 3. The standard InChI is InChI=1S/C19H14F3N5OS2/c1-2-27-8-9(7-23-27)16-25-14-13-10(11-4-3-5-29-11)6-12(19(20,21)22)24-18(13)30-15(14)17(28)26-16/h3-8,16,25H,2H2,1H3,(H,26,28)/t16-/m1/s1. The Morgan fingerprint density at radius 2 is 2.13 bits per heavy atom. The van der Waals surface area contributed by atoms with Crippen molar-refractivity contribution in [2.24, 2.45) is 0 Å². The number of aryl methyl sites for hydroxylation is 1. The zero-order valence-electron chi connectivity index (χ0n) is 15.4. The molecule has 0 spiro atoms. The van der Waals surface area contributed by atoms with Gasteiger partial charge in [0, 0.05) is 34.1 Å². The van der Waals surface area contributed by atoms with Gasteiger partial charge in [-0.25, -0.2) is 4.98 Å². The quantitative estimate of drug-likeness (QED) is 0.456. The average Bonchev–Trinajstić information content (AvgIpc) is 3.45. The second kappa shape index (κ2) is 6.81. The third-order valence-corrected chi connectivity index (χ3v) is 6.81. The third-order valence-electron chi connectivity index (χ3n) is 4.82. The second-order valence-electron chi connectivity index (χ2n) is 6.70. The number of thiophene rings is 2. The van der Waals surface area contributed by atoms with E-state index in [1.54, 1.807) is 28.4 Å². The van der Waals surface area contributed by atoms with Crippen molar-refractivity contribution in [3.8, 4) is 10.4 Å². The Balaban J connectivity index is 1.71. The molecule has 0 aliphatic carbocycles. The molecule has 0 fully saturated rings. The fourth-order valence-electron chi connectivity index (χ4n) is 3.41. The number of hydrogen-bond donors (Lipinski definition) is 2. The molecule has 0 saturated carbocycles. The highest BCUT2D eigenvalue weighted by Crippen LogP contribution is 2.46. The maximum absolute atomic E-state index is 13.5.